The summed E-state index contributed by atoms with van der Waals surface area (Å²) in [4.78, 5) is 13.1. The molecule has 0 N–H and O–H groups in total. The normalized spacial score (nSPS) is 11.0. The van der Waals surface area contributed by atoms with E-state index in [0.717, 1.165) is 32.3 Å². The van der Waals surface area contributed by atoms with Gasteiger partial charge in [0.05, 0.1) is 17.3 Å². The van der Waals surface area contributed by atoms with Crippen LogP contribution < -0.4 is 4.74 Å². The molecule has 4 nitrogen and oxygen atoms in total. The van der Waals surface area contributed by atoms with Crippen molar-refractivity contribution >= 4 is 33.3 Å². The smallest absolute Gasteiger partial charge is 0.217 e. The molecule has 0 aliphatic heterocycles. The summed E-state index contributed by atoms with van der Waals surface area (Å²) >= 11 is 3.37. The van der Waals surface area contributed by atoms with Crippen LogP contribution in [-0.4, -0.2) is 22.1 Å². The first kappa shape index (κ1) is 14.3. The van der Waals surface area contributed by atoms with Crippen LogP contribution in [-0.2, 0) is 5.75 Å². The van der Waals surface area contributed by atoms with Crippen molar-refractivity contribution in [2.24, 2.45) is 0 Å². The van der Waals surface area contributed by atoms with Crippen molar-refractivity contribution in [2.75, 3.05) is 7.11 Å². The topological polar surface area (TPSA) is 47.9 Å². The van der Waals surface area contributed by atoms with Gasteiger partial charge in [-0.05, 0) is 36.9 Å². The average molecular weight is 317 g/mol. The molecule has 108 valence electrons. The molecule has 0 unspecified atom stereocenters. The Kier molecular flexibility index (Phi) is 4.07. The fraction of sp³-hybridized carbons (Fsp3) is 0.267. The Bertz CT molecular complexity index is 786. The number of hydrogen-bond donors (Lipinski definition) is 0. The third-order valence-corrected chi connectivity index (χ3v) is 5.25. The van der Waals surface area contributed by atoms with Crippen LogP contribution >= 0.6 is 23.1 Å². The molecule has 0 saturated heterocycles. The number of thioether (sulfide) groups is 1. The zero-order valence-corrected chi connectivity index (χ0v) is 13.7. The van der Waals surface area contributed by atoms with E-state index in [9.17, 15) is 0 Å². The number of rotatable bonds is 4. The maximum atomic E-state index is 5.41. The summed E-state index contributed by atoms with van der Waals surface area (Å²) in [7, 11) is 1.66. The van der Waals surface area contributed by atoms with Gasteiger partial charge in [0.2, 0.25) is 5.88 Å². The van der Waals surface area contributed by atoms with Crippen molar-refractivity contribution in [3.63, 3.8) is 0 Å². The molecular weight excluding hydrogens is 302 g/mol. The lowest BCUT2D eigenvalue weighted by atomic mass is 10.1. The Labute approximate surface area is 131 Å². The van der Waals surface area contributed by atoms with Crippen molar-refractivity contribution in [1.29, 1.82) is 0 Å². The van der Waals surface area contributed by atoms with Gasteiger partial charge in [-0.2, -0.15) is 0 Å². The van der Waals surface area contributed by atoms with E-state index >= 15 is 0 Å². The summed E-state index contributed by atoms with van der Waals surface area (Å²) in [6.45, 7) is 4.07. The largest absolute Gasteiger partial charge is 0.481 e. The number of nitrogens with zero attached hydrogens (tertiary/aromatic N) is 3. The maximum absolute atomic E-state index is 5.41. The Morgan fingerprint density at radius 2 is 2.14 bits per heavy atom. The van der Waals surface area contributed by atoms with Crippen LogP contribution in [0.25, 0.3) is 10.2 Å². The van der Waals surface area contributed by atoms with Gasteiger partial charge in [0.1, 0.15) is 11.4 Å². The van der Waals surface area contributed by atoms with Crippen LogP contribution in [0.3, 0.4) is 0 Å². The van der Waals surface area contributed by atoms with Gasteiger partial charge in [-0.3, -0.25) is 0 Å². The molecule has 21 heavy (non-hydrogen) atoms. The van der Waals surface area contributed by atoms with Crippen LogP contribution in [0.4, 0.5) is 0 Å². The van der Waals surface area contributed by atoms with Gasteiger partial charge in [0.25, 0.3) is 0 Å². The quantitative estimate of drug-likeness (QED) is 0.537. The Morgan fingerprint density at radius 3 is 2.95 bits per heavy atom. The summed E-state index contributed by atoms with van der Waals surface area (Å²) < 4.78 is 6.55. The van der Waals surface area contributed by atoms with E-state index in [0.29, 0.717) is 5.88 Å². The minimum Gasteiger partial charge on any atom is -0.481 e. The number of pyridine rings is 1. The highest BCUT2D eigenvalue weighted by molar-refractivity contribution is 7.98. The number of aromatic nitrogens is 3. The predicted molar refractivity (Wildman–Crippen MR) is 87.2 cm³/mol. The summed E-state index contributed by atoms with van der Waals surface area (Å²) in [5.41, 5.74) is 4.30. The Balaban J connectivity index is 1.90. The predicted octanol–water partition coefficient (Wildman–Crippen LogP) is 4.00. The number of thiophene rings is 1. The summed E-state index contributed by atoms with van der Waals surface area (Å²) in [5, 5.41) is 3.06. The maximum Gasteiger partial charge on any atom is 0.217 e. The second-order valence-electron chi connectivity index (χ2n) is 4.67. The third-order valence-electron chi connectivity index (χ3n) is 3.19. The van der Waals surface area contributed by atoms with Gasteiger partial charge < -0.3 is 4.74 Å². The summed E-state index contributed by atoms with van der Waals surface area (Å²) in [6, 6.07) is 4.10. The van der Waals surface area contributed by atoms with E-state index in [2.05, 4.69) is 27.9 Å². The number of methoxy groups -OCH3 is 1. The first-order valence-electron chi connectivity index (χ1n) is 6.51. The SMILES string of the molecule is COc1nc(C)cc(C)c1CSc1ncnc2ccsc12. The average Bonchev–Trinajstić information content (AvgIpc) is 2.94. The van der Waals surface area contributed by atoms with Crippen molar-refractivity contribution < 1.29 is 4.74 Å². The Morgan fingerprint density at radius 1 is 1.29 bits per heavy atom. The molecule has 0 aliphatic carbocycles. The number of ether oxygens (including phenoxy) is 1. The van der Waals surface area contributed by atoms with Crippen molar-refractivity contribution in [2.45, 2.75) is 24.6 Å². The van der Waals surface area contributed by atoms with Crippen LogP contribution in [0, 0.1) is 13.8 Å². The molecule has 0 atom stereocenters. The second-order valence-corrected chi connectivity index (χ2v) is 6.55. The zero-order valence-electron chi connectivity index (χ0n) is 12.1. The van der Waals surface area contributed by atoms with Crippen LogP contribution in [0.1, 0.15) is 16.8 Å². The van der Waals surface area contributed by atoms with Gasteiger partial charge in [-0.25, -0.2) is 15.0 Å². The molecule has 3 heterocycles. The first-order chi connectivity index (χ1) is 10.2. The van der Waals surface area contributed by atoms with Gasteiger partial charge in [0, 0.05) is 17.0 Å². The van der Waals surface area contributed by atoms with Gasteiger partial charge in [-0.15, -0.1) is 11.3 Å². The molecule has 0 radical (unpaired) electrons. The van der Waals surface area contributed by atoms with Crippen molar-refractivity contribution in [3.8, 4) is 5.88 Å². The minimum absolute atomic E-state index is 0.705. The van der Waals surface area contributed by atoms with Crippen LogP contribution in [0.2, 0.25) is 0 Å². The highest BCUT2D eigenvalue weighted by Crippen LogP contribution is 2.33. The van der Waals surface area contributed by atoms with Crippen LogP contribution in [0.5, 0.6) is 5.88 Å². The fourth-order valence-electron chi connectivity index (χ4n) is 2.18. The summed E-state index contributed by atoms with van der Waals surface area (Å²) in [6.07, 6.45) is 1.62. The molecule has 0 spiro atoms. The van der Waals surface area contributed by atoms with E-state index in [1.807, 2.05) is 18.4 Å². The van der Waals surface area contributed by atoms with Crippen molar-refractivity contribution in [1.82, 2.24) is 15.0 Å². The monoisotopic (exact) mass is 317 g/mol. The van der Waals surface area contributed by atoms with Crippen LogP contribution in [0.15, 0.2) is 28.9 Å². The van der Waals surface area contributed by atoms with E-state index in [4.69, 9.17) is 4.74 Å². The first-order valence-corrected chi connectivity index (χ1v) is 8.37. The highest BCUT2D eigenvalue weighted by atomic mass is 32.2. The standard InChI is InChI=1S/C15H15N3OS2/c1-9-6-10(2)18-14(19-3)11(9)7-21-15-13-12(4-5-20-13)16-8-17-15/h4-6,8H,7H2,1-3H3. The molecule has 0 saturated carbocycles. The highest BCUT2D eigenvalue weighted by Gasteiger charge is 2.12. The molecule has 0 aromatic carbocycles. The lowest BCUT2D eigenvalue weighted by Gasteiger charge is -2.11. The van der Waals surface area contributed by atoms with E-state index < -0.39 is 0 Å². The molecular formula is C15H15N3OS2. The number of fused-ring (bicyclic) bond motifs is 1. The molecule has 0 bridgehead atoms. The zero-order chi connectivity index (χ0) is 14.8. The molecule has 0 fully saturated rings. The van der Waals surface area contributed by atoms with E-state index in [1.54, 1.807) is 36.5 Å². The van der Waals surface area contributed by atoms with E-state index in [-0.39, 0.29) is 0 Å². The molecule has 3 rings (SSSR count). The molecule has 6 heteroatoms. The molecule has 3 aromatic rings. The van der Waals surface area contributed by atoms with Gasteiger partial charge in [-0.1, -0.05) is 11.8 Å². The lowest BCUT2D eigenvalue weighted by molar-refractivity contribution is 0.392. The second kappa shape index (κ2) is 5.99. The number of aryl methyl sites for hydroxylation is 2. The van der Waals surface area contributed by atoms with E-state index in [1.165, 1.54) is 5.56 Å². The number of hydrogen-bond acceptors (Lipinski definition) is 6. The summed E-state index contributed by atoms with van der Waals surface area (Å²) in [5.74, 6) is 1.49. The van der Waals surface area contributed by atoms with Gasteiger partial charge in [0.15, 0.2) is 0 Å². The minimum atomic E-state index is 0.705. The fourth-order valence-corrected chi connectivity index (χ4v) is 4.22. The third kappa shape index (κ3) is 2.87. The van der Waals surface area contributed by atoms with Gasteiger partial charge >= 0.3 is 0 Å². The molecule has 0 amide bonds. The molecule has 0 aliphatic rings. The Hall–Kier alpha value is -1.66. The van der Waals surface area contributed by atoms with Crippen molar-refractivity contribution in [3.05, 3.63) is 40.7 Å². The molecule has 3 aromatic heterocycles. The lowest BCUT2D eigenvalue weighted by Crippen LogP contribution is -1.99.